The summed E-state index contributed by atoms with van der Waals surface area (Å²) in [6.45, 7) is 4.49. The van der Waals surface area contributed by atoms with E-state index in [0.717, 1.165) is 35.5 Å². The maximum atomic E-state index is 12.2. The number of sulfone groups is 1. The van der Waals surface area contributed by atoms with E-state index in [1.165, 1.54) is 0 Å². The fourth-order valence-electron chi connectivity index (χ4n) is 2.49. The lowest BCUT2D eigenvalue weighted by Crippen LogP contribution is -2.34. The third kappa shape index (κ3) is 4.10. The molecule has 0 spiro atoms. The van der Waals surface area contributed by atoms with Gasteiger partial charge in [-0.3, -0.25) is 0 Å². The third-order valence-corrected chi connectivity index (χ3v) is 7.58. The summed E-state index contributed by atoms with van der Waals surface area (Å²) in [6, 6.07) is 4.84. The van der Waals surface area contributed by atoms with E-state index < -0.39 is 15.1 Å². The number of nitrogens with one attached hydrogen (secondary N) is 2. The van der Waals surface area contributed by atoms with Crippen LogP contribution in [0.5, 0.6) is 0 Å². The standard InChI is InChI=1S/C16H21N3O4S2/c1-10(2)25(21,22)16-19-13-6-5-11(8-14(13)24-16)18-15(20)17-9-12-4-3-7-23-12/h5-6,8,10,12H,3-4,7,9H2,1-2H3,(H2,17,18,20). The largest absolute Gasteiger partial charge is 0.376 e. The average molecular weight is 383 g/mol. The molecule has 2 aromatic rings. The molecule has 7 nitrogen and oxygen atoms in total. The Morgan fingerprint density at radius 1 is 1.44 bits per heavy atom. The molecule has 1 aromatic carbocycles. The van der Waals surface area contributed by atoms with Crippen molar-refractivity contribution in [3.05, 3.63) is 18.2 Å². The molecule has 0 aliphatic carbocycles. The van der Waals surface area contributed by atoms with Gasteiger partial charge in [0, 0.05) is 18.8 Å². The molecule has 25 heavy (non-hydrogen) atoms. The summed E-state index contributed by atoms with van der Waals surface area (Å²) in [5.41, 5.74) is 1.20. The highest BCUT2D eigenvalue weighted by Crippen LogP contribution is 2.29. The number of thiazole rings is 1. The van der Waals surface area contributed by atoms with Crippen LogP contribution in [-0.2, 0) is 14.6 Å². The molecular formula is C16H21N3O4S2. The molecule has 1 saturated heterocycles. The number of hydrogen-bond donors (Lipinski definition) is 2. The minimum absolute atomic E-state index is 0.0820. The number of carbonyl (C=O) groups is 1. The molecule has 0 radical (unpaired) electrons. The van der Waals surface area contributed by atoms with Crippen molar-refractivity contribution in [3.63, 3.8) is 0 Å². The van der Waals surface area contributed by atoms with Crippen molar-refractivity contribution in [3.8, 4) is 0 Å². The highest BCUT2D eigenvalue weighted by Gasteiger charge is 2.23. The van der Waals surface area contributed by atoms with Gasteiger partial charge in [0.15, 0.2) is 0 Å². The summed E-state index contributed by atoms with van der Waals surface area (Å²) in [6.07, 6.45) is 2.07. The van der Waals surface area contributed by atoms with E-state index in [4.69, 9.17) is 4.74 Å². The Balaban J connectivity index is 1.69. The van der Waals surface area contributed by atoms with Crippen LogP contribution in [0.2, 0.25) is 0 Å². The molecule has 1 fully saturated rings. The average Bonchev–Trinajstić information content (AvgIpc) is 3.22. The van der Waals surface area contributed by atoms with Gasteiger partial charge in [-0.2, -0.15) is 0 Å². The lowest BCUT2D eigenvalue weighted by atomic mass is 10.2. The number of fused-ring (bicyclic) bond motifs is 1. The number of anilines is 1. The zero-order valence-electron chi connectivity index (χ0n) is 14.1. The predicted octanol–water partition coefficient (Wildman–Crippen LogP) is 2.78. The van der Waals surface area contributed by atoms with Crippen LogP contribution in [0.15, 0.2) is 22.5 Å². The van der Waals surface area contributed by atoms with Crippen molar-refractivity contribution in [1.29, 1.82) is 0 Å². The van der Waals surface area contributed by atoms with Crippen molar-refractivity contribution < 1.29 is 17.9 Å². The van der Waals surface area contributed by atoms with Crippen LogP contribution in [0.25, 0.3) is 10.2 Å². The highest BCUT2D eigenvalue weighted by molar-refractivity contribution is 7.94. The van der Waals surface area contributed by atoms with Crippen molar-refractivity contribution in [2.24, 2.45) is 0 Å². The van der Waals surface area contributed by atoms with E-state index >= 15 is 0 Å². The van der Waals surface area contributed by atoms with E-state index in [2.05, 4.69) is 15.6 Å². The van der Waals surface area contributed by atoms with Gasteiger partial charge in [0.05, 0.1) is 21.6 Å². The summed E-state index contributed by atoms with van der Waals surface area (Å²) in [5, 5.41) is 5.02. The molecule has 0 saturated carbocycles. The maximum absolute atomic E-state index is 12.2. The summed E-state index contributed by atoms with van der Waals surface area (Å²) in [4.78, 5) is 16.2. The molecular weight excluding hydrogens is 362 g/mol. The van der Waals surface area contributed by atoms with E-state index in [0.29, 0.717) is 17.7 Å². The van der Waals surface area contributed by atoms with E-state index in [1.807, 2.05) is 0 Å². The molecule has 0 bridgehead atoms. The number of carbonyl (C=O) groups excluding carboxylic acids is 1. The zero-order chi connectivity index (χ0) is 18.0. The fraction of sp³-hybridized carbons (Fsp3) is 0.500. The van der Waals surface area contributed by atoms with E-state index in [-0.39, 0.29) is 16.5 Å². The van der Waals surface area contributed by atoms with Gasteiger partial charge in [-0.05, 0) is 44.9 Å². The second-order valence-corrected chi connectivity index (χ2v) is 9.93. The third-order valence-electron chi connectivity index (χ3n) is 4.00. The van der Waals surface area contributed by atoms with Gasteiger partial charge in [-0.1, -0.05) is 0 Å². The van der Waals surface area contributed by atoms with Crippen LogP contribution in [0.4, 0.5) is 10.5 Å². The summed E-state index contributed by atoms with van der Waals surface area (Å²) in [5.74, 6) is 0. The summed E-state index contributed by atoms with van der Waals surface area (Å²) >= 11 is 1.12. The van der Waals surface area contributed by atoms with Crippen molar-refractivity contribution in [2.45, 2.75) is 42.4 Å². The van der Waals surface area contributed by atoms with Crippen LogP contribution in [0, 0.1) is 0 Å². The Kier molecular flexibility index (Phi) is 5.26. The molecule has 3 rings (SSSR count). The maximum Gasteiger partial charge on any atom is 0.319 e. The van der Waals surface area contributed by atoms with Crippen LogP contribution in [-0.4, -0.2) is 43.9 Å². The van der Waals surface area contributed by atoms with E-state index in [1.54, 1.807) is 32.0 Å². The number of nitrogens with zero attached hydrogens (tertiary/aromatic N) is 1. The Bertz CT molecular complexity index is 871. The monoisotopic (exact) mass is 383 g/mol. The second kappa shape index (κ2) is 7.27. The topological polar surface area (TPSA) is 97.4 Å². The smallest absolute Gasteiger partial charge is 0.319 e. The SMILES string of the molecule is CC(C)S(=O)(=O)c1nc2ccc(NC(=O)NCC3CCCO3)cc2s1. The van der Waals surface area contributed by atoms with Crippen LogP contribution in [0.1, 0.15) is 26.7 Å². The summed E-state index contributed by atoms with van der Waals surface area (Å²) < 4.78 is 30.7. The number of amides is 2. The number of benzene rings is 1. The first-order valence-corrected chi connectivity index (χ1v) is 10.5. The number of aromatic nitrogens is 1. The minimum Gasteiger partial charge on any atom is -0.376 e. The molecule has 1 aliphatic heterocycles. The van der Waals surface area contributed by atoms with Gasteiger partial charge in [0.2, 0.25) is 14.2 Å². The van der Waals surface area contributed by atoms with Gasteiger partial charge in [-0.15, -0.1) is 11.3 Å². The highest BCUT2D eigenvalue weighted by atomic mass is 32.2. The molecule has 136 valence electrons. The van der Waals surface area contributed by atoms with Gasteiger partial charge in [-0.25, -0.2) is 18.2 Å². The van der Waals surface area contributed by atoms with E-state index in [9.17, 15) is 13.2 Å². The molecule has 2 heterocycles. The normalized spacial score (nSPS) is 18.0. The Hall–Kier alpha value is -1.71. The molecule has 1 atom stereocenters. The summed E-state index contributed by atoms with van der Waals surface area (Å²) in [7, 11) is -3.40. The number of rotatable bonds is 5. The first-order valence-electron chi connectivity index (χ1n) is 8.17. The minimum atomic E-state index is -3.40. The van der Waals surface area contributed by atoms with Crippen LogP contribution < -0.4 is 10.6 Å². The van der Waals surface area contributed by atoms with Crippen molar-refractivity contribution in [1.82, 2.24) is 10.3 Å². The molecule has 2 N–H and O–H groups in total. The lowest BCUT2D eigenvalue weighted by Gasteiger charge is -2.11. The zero-order valence-corrected chi connectivity index (χ0v) is 15.7. The molecule has 1 aromatic heterocycles. The van der Waals surface area contributed by atoms with Crippen LogP contribution in [0.3, 0.4) is 0 Å². The van der Waals surface area contributed by atoms with Gasteiger partial charge in [0.1, 0.15) is 0 Å². The Morgan fingerprint density at radius 2 is 2.24 bits per heavy atom. The van der Waals surface area contributed by atoms with Gasteiger partial charge < -0.3 is 15.4 Å². The molecule has 9 heteroatoms. The lowest BCUT2D eigenvalue weighted by molar-refractivity contribution is 0.112. The molecule has 2 amide bonds. The van der Waals surface area contributed by atoms with Gasteiger partial charge in [0.25, 0.3) is 0 Å². The molecule has 1 aliphatic rings. The quantitative estimate of drug-likeness (QED) is 0.827. The number of hydrogen-bond acceptors (Lipinski definition) is 6. The Morgan fingerprint density at radius 3 is 2.92 bits per heavy atom. The first-order chi connectivity index (χ1) is 11.9. The van der Waals surface area contributed by atoms with Crippen molar-refractivity contribution >= 4 is 43.1 Å². The van der Waals surface area contributed by atoms with Crippen molar-refractivity contribution in [2.75, 3.05) is 18.5 Å². The van der Waals surface area contributed by atoms with Gasteiger partial charge >= 0.3 is 6.03 Å². The number of urea groups is 1. The first kappa shape index (κ1) is 18.1. The molecule has 1 unspecified atom stereocenters. The predicted molar refractivity (Wildman–Crippen MR) is 97.9 cm³/mol. The Labute approximate surface area is 150 Å². The number of ether oxygens (including phenoxy) is 1. The fourth-order valence-corrected chi connectivity index (χ4v) is 5.17. The van der Waals surface area contributed by atoms with Crippen LogP contribution >= 0.6 is 11.3 Å². The second-order valence-electron chi connectivity index (χ2n) is 6.23.